The number of benzene rings is 1. The lowest BCUT2D eigenvalue weighted by atomic mass is 10.0. The van der Waals surface area contributed by atoms with E-state index in [1.54, 1.807) is 6.08 Å². The fourth-order valence-corrected chi connectivity index (χ4v) is 2.59. The molecule has 1 heterocycles. The average molecular weight is 315 g/mol. The number of halogens is 2. The van der Waals surface area contributed by atoms with Crippen molar-refractivity contribution in [3.8, 4) is 5.75 Å². The zero-order chi connectivity index (χ0) is 13.1. The van der Waals surface area contributed by atoms with E-state index < -0.39 is 5.82 Å². The molecule has 0 amide bonds. The van der Waals surface area contributed by atoms with Gasteiger partial charge >= 0.3 is 0 Å². The summed E-state index contributed by atoms with van der Waals surface area (Å²) < 4.78 is 14.5. The summed E-state index contributed by atoms with van der Waals surface area (Å²) in [6, 6.07) is 2.56. The normalized spacial score (nSPS) is 18.6. The van der Waals surface area contributed by atoms with Gasteiger partial charge in [-0.2, -0.15) is 0 Å². The standard InChI is InChI=1S/C13H16BrFN2O/c1-2-11(17-7-5-16-6-8-17)12-10(15)4-3-9(14)13(12)18/h2-4,11,16,18H,1,5-8H2/t11-/m0/s1. The van der Waals surface area contributed by atoms with Crippen molar-refractivity contribution in [2.45, 2.75) is 6.04 Å². The molecule has 18 heavy (non-hydrogen) atoms. The van der Waals surface area contributed by atoms with Crippen molar-refractivity contribution < 1.29 is 9.50 Å². The van der Waals surface area contributed by atoms with Crippen molar-refractivity contribution in [1.82, 2.24) is 10.2 Å². The van der Waals surface area contributed by atoms with Crippen LogP contribution in [-0.4, -0.2) is 36.2 Å². The molecule has 98 valence electrons. The van der Waals surface area contributed by atoms with E-state index in [1.807, 2.05) is 0 Å². The summed E-state index contributed by atoms with van der Waals surface area (Å²) in [5.74, 6) is -0.447. The Morgan fingerprint density at radius 2 is 2.11 bits per heavy atom. The van der Waals surface area contributed by atoms with Crippen LogP contribution >= 0.6 is 15.9 Å². The van der Waals surface area contributed by atoms with Gasteiger partial charge < -0.3 is 10.4 Å². The molecule has 0 saturated carbocycles. The van der Waals surface area contributed by atoms with Crippen LogP contribution in [0.5, 0.6) is 5.75 Å². The number of piperazine rings is 1. The first kappa shape index (κ1) is 13.5. The molecule has 1 aromatic carbocycles. The molecule has 2 rings (SSSR count). The Kier molecular flexibility index (Phi) is 4.37. The lowest BCUT2D eigenvalue weighted by Gasteiger charge is -2.33. The highest BCUT2D eigenvalue weighted by Crippen LogP contribution is 2.37. The summed E-state index contributed by atoms with van der Waals surface area (Å²) in [5, 5.41) is 13.3. The molecule has 1 atom stereocenters. The van der Waals surface area contributed by atoms with E-state index in [4.69, 9.17) is 0 Å². The monoisotopic (exact) mass is 314 g/mol. The smallest absolute Gasteiger partial charge is 0.137 e. The van der Waals surface area contributed by atoms with Gasteiger partial charge in [-0.3, -0.25) is 4.90 Å². The zero-order valence-corrected chi connectivity index (χ0v) is 11.6. The summed E-state index contributed by atoms with van der Waals surface area (Å²) in [4.78, 5) is 2.11. The third-order valence-electron chi connectivity index (χ3n) is 3.18. The largest absolute Gasteiger partial charge is 0.506 e. The molecule has 1 aliphatic heterocycles. The maximum atomic E-state index is 14.0. The van der Waals surface area contributed by atoms with Crippen molar-refractivity contribution in [3.05, 3.63) is 40.6 Å². The van der Waals surface area contributed by atoms with Crippen LogP contribution in [-0.2, 0) is 0 Å². The number of nitrogens with zero attached hydrogens (tertiary/aromatic N) is 1. The van der Waals surface area contributed by atoms with Gasteiger partial charge in [-0.1, -0.05) is 6.08 Å². The van der Waals surface area contributed by atoms with Crippen molar-refractivity contribution in [3.63, 3.8) is 0 Å². The Balaban J connectivity index is 2.37. The highest BCUT2D eigenvalue weighted by molar-refractivity contribution is 9.10. The molecule has 0 aliphatic carbocycles. The minimum absolute atomic E-state index is 0.0431. The van der Waals surface area contributed by atoms with Crippen LogP contribution in [0.25, 0.3) is 0 Å². The van der Waals surface area contributed by atoms with E-state index in [2.05, 4.69) is 32.7 Å². The molecule has 5 heteroatoms. The molecule has 0 aromatic heterocycles. The number of hydrogen-bond donors (Lipinski definition) is 2. The second-order valence-electron chi connectivity index (χ2n) is 4.26. The summed E-state index contributed by atoms with van der Waals surface area (Å²) in [7, 11) is 0. The van der Waals surface area contributed by atoms with Crippen LogP contribution in [0.2, 0.25) is 0 Å². The summed E-state index contributed by atoms with van der Waals surface area (Å²) >= 11 is 3.22. The van der Waals surface area contributed by atoms with Gasteiger partial charge in [0.1, 0.15) is 11.6 Å². The van der Waals surface area contributed by atoms with Crippen LogP contribution in [0.1, 0.15) is 11.6 Å². The van der Waals surface area contributed by atoms with Crippen LogP contribution < -0.4 is 5.32 Å². The van der Waals surface area contributed by atoms with Crippen LogP contribution in [0, 0.1) is 5.82 Å². The third kappa shape index (κ3) is 2.58. The molecule has 1 saturated heterocycles. The maximum absolute atomic E-state index is 14.0. The quantitative estimate of drug-likeness (QED) is 0.841. The fraction of sp³-hybridized carbons (Fsp3) is 0.385. The van der Waals surface area contributed by atoms with Gasteiger partial charge in [0.2, 0.25) is 0 Å². The van der Waals surface area contributed by atoms with Crippen molar-refractivity contribution >= 4 is 15.9 Å². The van der Waals surface area contributed by atoms with Crippen LogP contribution in [0.15, 0.2) is 29.3 Å². The summed E-state index contributed by atoms with van der Waals surface area (Å²) in [6.07, 6.45) is 1.68. The van der Waals surface area contributed by atoms with Gasteiger partial charge in [-0.15, -0.1) is 6.58 Å². The molecular formula is C13H16BrFN2O. The lowest BCUT2D eigenvalue weighted by molar-refractivity contribution is 0.197. The molecule has 0 radical (unpaired) electrons. The van der Waals surface area contributed by atoms with Gasteiger partial charge in [0, 0.05) is 26.2 Å². The lowest BCUT2D eigenvalue weighted by Crippen LogP contribution is -2.44. The van der Waals surface area contributed by atoms with E-state index in [0.29, 0.717) is 10.0 Å². The van der Waals surface area contributed by atoms with Gasteiger partial charge in [0.05, 0.1) is 16.1 Å². The fourth-order valence-electron chi connectivity index (χ4n) is 2.25. The van der Waals surface area contributed by atoms with E-state index >= 15 is 0 Å². The zero-order valence-electron chi connectivity index (χ0n) is 10.00. The second kappa shape index (κ2) is 5.82. The number of aromatic hydroxyl groups is 1. The molecule has 0 bridgehead atoms. The summed E-state index contributed by atoms with van der Waals surface area (Å²) in [6.45, 7) is 7.11. The highest BCUT2D eigenvalue weighted by Gasteiger charge is 2.25. The van der Waals surface area contributed by atoms with E-state index in [1.165, 1.54) is 12.1 Å². The van der Waals surface area contributed by atoms with E-state index in [9.17, 15) is 9.50 Å². The minimum atomic E-state index is -0.404. The van der Waals surface area contributed by atoms with Gasteiger partial charge in [0.25, 0.3) is 0 Å². The predicted molar refractivity (Wildman–Crippen MR) is 73.1 cm³/mol. The van der Waals surface area contributed by atoms with Crippen molar-refractivity contribution in [2.75, 3.05) is 26.2 Å². The Hall–Kier alpha value is -0.910. The molecule has 1 fully saturated rings. The molecular weight excluding hydrogens is 299 g/mol. The predicted octanol–water partition coefficient (Wildman–Crippen LogP) is 2.43. The molecule has 0 unspecified atom stereocenters. The number of hydrogen-bond acceptors (Lipinski definition) is 3. The molecule has 3 nitrogen and oxygen atoms in total. The number of rotatable bonds is 3. The first-order valence-electron chi connectivity index (χ1n) is 5.89. The third-order valence-corrected chi connectivity index (χ3v) is 3.82. The van der Waals surface area contributed by atoms with E-state index in [-0.39, 0.29) is 11.8 Å². The van der Waals surface area contributed by atoms with Gasteiger partial charge in [0.15, 0.2) is 0 Å². The average Bonchev–Trinajstić information content (AvgIpc) is 2.40. The molecule has 1 aliphatic rings. The molecule has 1 aromatic rings. The molecule has 0 spiro atoms. The van der Waals surface area contributed by atoms with E-state index in [0.717, 1.165) is 26.2 Å². The SMILES string of the molecule is C=C[C@@H](c1c(F)ccc(Br)c1O)N1CCNCC1. The Bertz CT molecular complexity index is 447. The number of nitrogens with one attached hydrogen (secondary N) is 1. The Morgan fingerprint density at radius 1 is 1.44 bits per heavy atom. The highest BCUT2D eigenvalue weighted by atomic mass is 79.9. The van der Waals surface area contributed by atoms with Crippen LogP contribution in [0.3, 0.4) is 0 Å². The first-order chi connectivity index (χ1) is 8.65. The minimum Gasteiger partial charge on any atom is -0.506 e. The van der Waals surface area contributed by atoms with Gasteiger partial charge in [-0.25, -0.2) is 4.39 Å². The number of phenols is 1. The topological polar surface area (TPSA) is 35.5 Å². The Labute approximate surface area is 114 Å². The first-order valence-corrected chi connectivity index (χ1v) is 6.68. The number of phenolic OH excluding ortho intramolecular Hbond substituents is 1. The maximum Gasteiger partial charge on any atom is 0.137 e. The summed E-state index contributed by atoms with van der Waals surface area (Å²) in [5.41, 5.74) is 0.293. The second-order valence-corrected chi connectivity index (χ2v) is 5.11. The Morgan fingerprint density at radius 3 is 2.72 bits per heavy atom. The van der Waals surface area contributed by atoms with Crippen LogP contribution in [0.4, 0.5) is 4.39 Å². The van der Waals surface area contributed by atoms with Crippen molar-refractivity contribution in [1.29, 1.82) is 0 Å². The van der Waals surface area contributed by atoms with Crippen molar-refractivity contribution in [2.24, 2.45) is 0 Å². The van der Waals surface area contributed by atoms with Gasteiger partial charge in [-0.05, 0) is 28.1 Å². The molecule has 2 N–H and O–H groups in total.